The molecule has 1 heterocycles. The van der Waals surface area contributed by atoms with E-state index in [0.717, 1.165) is 43.1 Å². The van der Waals surface area contributed by atoms with Crippen molar-refractivity contribution >= 4 is 0 Å². The number of aromatic nitrogens is 2. The summed E-state index contributed by atoms with van der Waals surface area (Å²) in [5, 5.41) is 3.34. The van der Waals surface area contributed by atoms with Crippen LogP contribution < -0.4 is 5.32 Å². The molecule has 0 spiro atoms. The van der Waals surface area contributed by atoms with Crippen LogP contribution in [0.5, 0.6) is 0 Å². The Bertz CT molecular complexity index is 335. The maximum absolute atomic E-state index is 4.61. The van der Waals surface area contributed by atoms with Crippen LogP contribution >= 0.6 is 0 Å². The van der Waals surface area contributed by atoms with Crippen LogP contribution in [0, 0.1) is 19.8 Å². The van der Waals surface area contributed by atoms with Crippen molar-refractivity contribution in [3.63, 3.8) is 0 Å². The first-order valence-corrected chi connectivity index (χ1v) is 6.58. The summed E-state index contributed by atoms with van der Waals surface area (Å²) < 4.78 is 0. The van der Waals surface area contributed by atoms with E-state index in [0.29, 0.717) is 5.92 Å². The van der Waals surface area contributed by atoms with Gasteiger partial charge in [-0.25, -0.2) is 9.97 Å². The van der Waals surface area contributed by atoms with Crippen LogP contribution in [0.1, 0.15) is 50.0 Å². The van der Waals surface area contributed by atoms with Crippen molar-refractivity contribution in [2.75, 3.05) is 6.54 Å². The van der Waals surface area contributed by atoms with E-state index in [2.05, 4.69) is 49.9 Å². The number of hydrogen-bond acceptors (Lipinski definition) is 3. The Hall–Kier alpha value is -0.960. The highest BCUT2D eigenvalue weighted by atomic mass is 14.9. The second-order valence-corrected chi connectivity index (χ2v) is 5.00. The fourth-order valence-corrected chi connectivity index (χ4v) is 1.84. The van der Waals surface area contributed by atoms with Gasteiger partial charge in [-0.05, 0) is 32.7 Å². The molecule has 3 nitrogen and oxygen atoms in total. The quantitative estimate of drug-likeness (QED) is 0.824. The lowest BCUT2D eigenvalue weighted by molar-refractivity contribution is 0.571. The fraction of sp³-hybridized carbons (Fsp3) is 0.714. The molecular formula is C14H25N3. The molecule has 0 fully saturated rings. The summed E-state index contributed by atoms with van der Waals surface area (Å²) in [7, 11) is 0. The molecule has 1 aromatic rings. The van der Waals surface area contributed by atoms with Gasteiger partial charge in [-0.3, -0.25) is 0 Å². The topological polar surface area (TPSA) is 37.8 Å². The normalized spacial score (nSPS) is 11.2. The van der Waals surface area contributed by atoms with Crippen LogP contribution in [0.15, 0.2) is 0 Å². The standard InChI is InChI=1S/C14H25N3/c1-6-15-9-13-11(4)16-14(17-12(13)5)8-7-10(2)3/h10,15H,6-9H2,1-5H3. The van der Waals surface area contributed by atoms with E-state index < -0.39 is 0 Å². The molecule has 17 heavy (non-hydrogen) atoms. The van der Waals surface area contributed by atoms with E-state index in [1.807, 2.05) is 0 Å². The minimum Gasteiger partial charge on any atom is -0.313 e. The number of nitrogens with one attached hydrogen (secondary N) is 1. The molecule has 0 aliphatic rings. The van der Waals surface area contributed by atoms with Gasteiger partial charge in [0.1, 0.15) is 5.82 Å². The lowest BCUT2D eigenvalue weighted by Crippen LogP contribution is -2.16. The molecule has 0 saturated carbocycles. The van der Waals surface area contributed by atoms with E-state index in [1.165, 1.54) is 5.56 Å². The maximum Gasteiger partial charge on any atom is 0.128 e. The van der Waals surface area contributed by atoms with Crippen LogP contribution in [0.4, 0.5) is 0 Å². The Morgan fingerprint density at radius 3 is 2.18 bits per heavy atom. The lowest BCUT2D eigenvalue weighted by Gasteiger charge is -2.11. The van der Waals surface area contributed by atoms with E-state index in [1.54, 1.807) is 0 Å². The highest BCUT2D eigenvalue weighted by Gasteiger charge is 2.08. The van der Waals surface area contributed by atoms with E-state index in [-0.39, 0.29) is 0 Å². The molecule has 0 amide bonds. The van der Waals surface area contributed by atoms with Crippen LogP contribution in [0.2, 0.25) is 0 Å². The Balaban J connectivity index is 2.78. The molecule has 0 aliphatic heterocycles. The first kappa shape index (κ1) is 14.1. The van der Waals surface area contributed by atoms with Crippen molar-refractivity contribution in [1.82, 2.24) is 15.3 Å². The number of hydrogen-bond donors (Lipinski definition) is 1. The molecule has 0 aromatic carbocycles. The van der Waals surface area contributed by atoms with Gasteiger partial charge in [0, 0.05) is 29.9 Å². The van der Waals surface area contributed by atoms with Crippen molar-refractivity contribution < 1.29 is 0 Å². The van der Waals surface area contributed by atoms with Gasteiger partial charge < -0.3 is 5.32 Å². The minimum atomic E-state index is 0.709. The first-order valence-electron chi connectivity index (χ1n) is 6.58. The Morgan fingerprint density at radius 2 is 1.71 bits per heavy atom. The average molecular weight is 235 g/mol. The molecular weight excluding hydrogens is 210 g/mol. The molecule has 1 rings (SSSR count). The lowest BCUT2D eigenvalue weighted by atomic mass is 10.1. The third-order valence-corrected chi connectivity index (χ3v) is 2.96. The van der Waals surface area contributed by atoms with Gasteiger partial charge in [-0.1, -0.05) is 20.8 Å². The predicted molar refractivity (Wildman–Crippen MR) is 72.0 cm³/mol. The molecule has 0 unspecified atom stereocenters. The molecule has 0 aliphatic carbocycles. The summed E-state index contributed by atoms with van der Waals surface area (Å²) >= 11 is 0. The third kappa shape index (κ3) is 4.43. The van der Waals surface area contributed by atoms with Crippen LogP contribution in [-0.4, -0.2) is 16.5 Å². The Labute approximate surface area is 105 Å². The van der Waals surface area contributed by atoms with Gasteiger partial charge in [0.2, 0.25) is 0 Å². The first-order chi connectivity index (χ1) is 8.04. The highest BCUT2D eigenvalue weighted by molar-refractivity contribution is 5.24. The smallest absolute Gasteiger partial charge is 0.128 e. The molecule has 1 aromatic heterocycles. The van der Waals surface area contributed by atoms with Gasteiger partial charge >= 0.3 is 0 Å². The van der Waals surface area contributed by atoms with Crippen molar-refractivity contribution in [1.29, 1.82) is 0 Å². The zero-order valence-corrected chi connectivity index (χ0v) is 11.8. The fourth-order valence-electron chi connectivity index (χ4n) is 1.84. The monoisotopic (exact) mass is 235 g/mol. The molecule has 3 heteroatoms. The zero-order chi connectivity index (χ0) is 12.8. The van der Waals surface area contributed by atoms with Gasteiger partial charge in [0.05, 0.1) is 0 Å². The number of nitrogens with zero attached hydrogens (tertiary/aromatic N) is 2. The second kappa shape index (κ2) is 6.70. The van der Waals surface area contributed by atoms with E-state index in [9.17, 15) is 0 Å². The van der Waals surface area contributed by atoms with Crippen molar-refractivity contribution in [2.24, 2.45) is 5.92 Å². The summed E-state index contributed by atoms with van der Waals surface area (Å²) in [5.41, 5.74) is 3.49. The molecule has 0 bridgehead atoms. The van der Waals surface area contributed by atoms with Crippen LogP contribution in [-0.2, 0) is 13.0 Å². The zero-order valence-electron chi connectivity index (χ0n) is 11.8. The predicted octanol–water partition coefficient (Wildman–Crippen LogP) is 2.79. The van der Waals surface area contributed by atoms with E-state index >= 15 is 0 Å². The summed E-state index contributed by atoms with van der Waals surface area (Å²) in [6.45, 7) is 12.6. The van der Waals surface area contributed by atoms with Gasteiger partial charge in [0.15, 0.2) is 0 Å². The van der Waals surface area contributed by atoms with Crippen molar-refractivity contribution in [3.8, 4) is 0 Å². The Kier molecular flexibility index (Phi) is 5.56. The van der Waals surface area contributed by atoms with Gasteiger partial charge in [-0.2, -0.15) is 0 Å². The molecule has 96 valence electrons. The molecule has 0 radical (unpaired) electrons. The number of rotatable bonds is 6. The maximum atomic E-state index is 4.61. The van der Waals surface area contributed by atoms with Crippen LogP contribution in [0.25, 0.3) is 0 Å². The van der Waals surface area contributed by atoms with Gasteiger partial charge in [-0.15, -0.1) is 0 Å². The minimum absolute atomic E-state index is 0.709. The van der Waals surface area contributed by atoms with Gasteiger partial charge in [0.25, 0.3) is 0 Å². The molecule has 0 saturated heterocycles. The molecule has 0 atom stereocenters. The largest absolute Gasteiger partial charge is 0.313 e. The van der Waals surface area contributed by atoms with Crippen molar-refractivity contribution in [3.05, 3.63) is 22.8 Å². The SMILES string of the molecule is CCNCc1c(C)nc(CCC(C)C)nc1C. The highest BCUT2D eigenvalue weighted by Crippen LogP contribution is 2.12. The summed E-state index contributed by atoms with van der Waals surface area (Å²) in [6.07, 6.45) is 2.15. The average Bonchev–Trinajstić information content (AvgIpc) is 2.25. The summed E-state index contributed by atoms with van der Waals surface area (Å²) in [4.78, 5) is 9.22. The third-order valence-electron chi connectivity index (χ3n) is 2.96. The second-order valence-electron chi connectivity index (χ2n) is 5.00. The Morgan fingerprint density at radius 1 is 1.12 bits per heavy atom. The molecule has 1 N–H and O–H groups in total. The number of aryl methyl sites for hydroxylation is 3. The van der Waals surface area contributed by atoms with E-state index in [4.69, 9.17) is 0 Å². The summed E-state index contributed by atoms with van der Waals surface area (Å²) in [5.74, 6) is 1.70. The van der Waals surface area contributed by atoms with Crippen LogP contribution in [0.3, 0.4) is 0 Å². The van der Waals surface area contributed by atoms with Crippen molar-refractivity contribution in [2.45, 2.75) is 54.0 Å². The summed E-state index contributed by atoms with van der Waals surface area (Å²) in [6, 6.07) is 0.